The summed E-state index contributed by atoms with van der Waals surface area (Å²) in [5, 5.41) is 3.01. The van der Waals surface area contributed by atoms with Gasteiger partial charge in [0.2, 0.25) is 0 Å². The maximum absolute atomic E-state index is 12.9. The van der Waals surface area contributed by atoms with Gasteiger partial charge in [-0.3, -0.25) is 9.10 Å². The second-order valence-electron chi connectivity index (χ2n) is 7.89. The fourth-order valence-electron chi connectivity index (χ4n) is 3.50. The summed E-state index contributed by atoms with van der Waals surface area (Å²) in [6, 6.07) is 19.3. The molecule has 3 rings (SSSR count). The van der Waals surface area contributed by atoms with Gasteiger partial charge in [-0.25, -0.2) is 8.42 Å². The largest absolute Gasteiger partial charge is 0.346 e. The summed E-state index contributed by atoms with van der Waals surface area (Å²) in [5.41, 5.74) is 5.33. The maximum Gasteiger partial charge on any atom is 0.264 e. The minimum Gasteiger partial charge on any atom is -0.346 e. The van der Waals surface area contributed by atoms with Gasteiger partial charge in [-0.2, -0.15) is 0 Å². The second-order valence-corrected chi connectivity index (χ2v) is 9.86. The fraction of sp³-hybridized carbons (Fsp3) is 0.240. The van der Waals surface area contributed by atoms with Gasteiger partial charge < -0.3 is 5.32 Å². The monoisotopic (exact) mass is 436 g/mol. The number of carbonyl (C=O) groups excluding carboxylic acids is 1. The predicted molar refractivity (Wildman–Crippen MR) is 125 cm³/mol. The Balaban J connectivity index is 1.74. The number of hydrogen-bond acceptors (Lipinski definition) is 3. The summed E-state index contributed by atoms with van der Waals surface area (Å²) in [6.07, 6.45) is 0. The molecule has 0 aromatic heterocycles. The van der Waals surface area contributed by atoms with E-state index in [0.29, 0.717) is 11.3 Å². The Labute approximate surface area is 184 Å². The molecule has 0 unspecified atom stereocenters. The van der Waals surface area contributed by atoms with Crippen LogP contribution in [0.1, 0.15) is 45.6 Å². The number of amides is 1. The molecule has 3 aromatic rings. The average molecular weight is 437 g/mol. The Morgan fingerprint density at radius 2 is 1.45 bits per heavy atom. The van der Waals surface area contributed by atoms with Crippen molar-refractivity contribution in [2.45, 2.75) is 38.6 Å². The molecule has 0 heterocycles. The zero-order chi connectivity index (χ0) is 22.8. The van der Waals surface area contributed by atoms with Gasteiger partial charge in [0.25, 0.3) is 15.9 Å². The highest BCUT2D eigenvalue weighted by Crippen LogP contribution is 2.23. The Bertz CT molecular complexity index is 1180. The van der Waals surface area contributed by atoms with Gasteiger partial charge in [-0.05, 0) is 75.2 Å². The summed E-state index contributed by atoms with van der Waals surface area (Å²) in [6.45, 7) is 7.93. The van der Waals surface area contributed by atoms with Gasteiger partial charge in [0, 0.05) is 12.6 Å². The van der Waals surface area contributed by atoms with Crippen molar-refractivity contribution in [2.24, 2.45) is 0 Å². The number of benzene rings is 3. The number of anilines is 1. The highest BCUT2D eigenvalue weighted by Gasteiger charge is 2.21. The molecule has 3 aromatic carbocycles. The van der Waals surface area contributed by atoms with Crippen LogP contribution in [0.4, 0.5) is 5.69 Å². The van der Waals surface area contributed by atoms with Crippen LogP contribution in [0.2, 0.25) is 0 Å². The lowest BCUT2D eigenvalue weighted by molar-refractivity contribution is 0.0940. The zero-order valence-corrected chi connectivity index (χ0v) is 19.3. The molecular weight excluding hydrogens is 408 g/mol. The smallest absolute Gasteiger partial charge is 0.264 e. The molecule has 0 aliphatic rings. The van der Waals surface area contributed by atoms with E-state index in [0.717, 1.165) is 16.7 Å². The van der Waals surface area contributed by atoms with Crippen molar-refractivity contribution < 1.29 is 13.2 Å². The minimum atomic E-state index is -3.67. The SMILES string of the molecule is Cc1ccc(S(=O)(=O)N(C)c2ccc(C(=O)N[C@@H](C)c3ccc(C)cc3C)cc2)cc1. The van der Waals surface area contributed by atoms with Crippen LogP contribution in [0, 0.1) is 20.8 Å². The first kappa shape index (κ1) is 22.6. The van der Waals surface area contributed by atoms with Crippen LogP contribution in [-0.2, 0) is 10.0 Å². The number of nitrogens with one attached hydrogen (secondary N) is 1. The molecular formula is C25H28N2O3S. The minimum absolute atomic E-state index is 0.141. The molecule has 0 aliphatic carbocycles. The Kier molecular flexibility index (Phi) is 6.51. The van der Waals surface area contributed by atoms with E-state index >= 15 is 0 Å². The van der Waals surface area contributed by atoms with Crippen molar-refractivity contribution in [3.8, 4) is 0 Å². The van der Waals surface area contributed by atoms with E-state index in [1.54, 1.807) is 48.5 Å². The van der Waals surface area contributed by atoms with Gasteiger partial charge in [0.05, 0.1) is 16.6 Å². The first-order chi connectivity index (χ1) is 14.6. The normalized spacial score (nSPS) is 12.3. The van der Waals surface area contributed by atoms with Crippen molar-refractivity contribution in [2.75, 3.05) is 11.4 Å². The van der Waals surface area contributed by atoms with Crippen LogP contribution in [0.5, 0.6) is 0 Å². The fourth-order valence-corrected chi connectivity index (χ4v) is 4.69. The van der Waals surface area contributed by atoms with Crippen molar-refractivity contribution in [3.63, 3.8) is 0 Å². The molecule has 1 amide bonds. The van der Waals surface area contributed by atoms with E-state index in [1.807, 2.05) is 39.8 Å². The van der Waals surface area contributed by atoms with Crippen LogP contribution in [-0.4, -0.2) is 21.4 Å². The Morgan fingerprint density at radius 3 is 2.03 bits per heavy atom. The summed E-state index contributed by atoms with van der Waals surface area (Å²) in [7, 11) is -2.17. The van der Waals surface area contributed by atoms with E-state index in [-0.39, 0.29) is 16.8 Å². The molecule has 0 bridgehead atoms. The lowest BCUT2D eigenvalue weighted by Crippen LogP contribution is -2.28. The molecule has 0 fully saturated rings. The van der Waals surface area contributed by atoms with Gasteiger partial charge in [0.1, 0.15) is 0 Å². The van der Waals surface area contributed by atoms with E-state index < -0.39 is 10.0 Å². The molecule has 0 saturated heterocycles. The van der Waals surface area contributed by atoms with Crippen LogP contribution in [0.3, 0.4) is 0 Å². The van der Waals surface area contributed by atoms with Crippen LogP contribution in [0.25, 0.3) is 0 Å². The van der Waals surface area contributed by atoms with Gasteiger partial charge >= 0.3 is 0 Å². The number of nitrogens with zero attached hydrogens (tertiary/aromatic N) is 1. The number of hydrogen-bond donors (Lipinski definition) is 1. The summed E-state index contributed by atoms with van der Waals surface area (Å²) in [4.78, 5) is 12.9. The van der Waals surface area contributed by atoms with Crippen LogP contribution in [0.15, 0.2) is 71.6 Å². The number of aryl methyl sites for hydroxylation is 3. The highest BCUT2D eigenvalue weighted by atomic mass is 32.2. The lowest BCUT2D eigenvalue weighted by Gasteiger charge is -2.20. The van der Waals surface area contributed by atoms with Crippen molar-refractivity contribution in [1.29, 1.82) is 0 Å². The molecule has 162 valence electrons. The quantitative estimate of drug-likeness (QED) is 0.596. The standard InChI is InChI=1S/C25H28N2O3S/c1-17-6-13-23(14-7-17)31(29,30)27(5)22-11-9-21(10-12-22)25(28)26-20(4)24-15-8-18(2)16-19(24)3/h6-16,20H,1-5H3,(H,26,28)/t20-/m0/s1. The van der Waals surface area contributed by atoms with Crippen molar-refractivity contribution in [3.05, 3.63) is 94.5 Å². The number of rotatable bonds is 6. The third-order valence-electron chi connectivity index (χ3n) is 5.41. The average Bonchev–Trinajstić information content (AvgIpc) is 2.73. The predicted octanol–water partition coefficient (Wildman–Crippen LogP) is 4.93. The summed E-state index contributed by atoms with van der Waals surface area (Å²) in [5.74, 6) is -0.205. The summed E-state index contributed by atoms with van der Waals surface area (Å²) < 4.78 is 27.0. The van der Waals surface area contributed by atoms with Crippen molar-refractivity contribution in [1.82, 2.24) is 5.32 Å². The molecule has 0 spiro atoms. The van der Waals surface area contributed by atoms with Crippen molar-refractivity contribution >= 4 is 21.6 Å². The molecule has 6 heteroatoms. The van der Waals surface area contributed by atoms with Gasteiger partial charge in [-0.1, -0.05) is 41.5 Å². The zero-order valence-electron chi connectivity index (χ0n) is 18.5. The first-order valence-electron chi connectivity index (χ1n) is 10.1. The molecule has 1 N–H and O–H groups in total. The Hall–Kier alpha value is -3.12. The third kappa shape index (κ3) is 4.97. The molecule has 0 radical (unpaired) electrons. The molecule has 5 nitrogen and oxygen atoms in total. The number of carbonyl (C=O) groups is 1. The Morgan fingerprint density at radius 1 is 0.871 bits per heavy atom. The maximum atomic E-state index is 12.9. The van der Waals surface area contributed by atoms with E-state index in [4.69, 9.17) is 0 Å². The van der Waals surface area contributed by atoms with E-state index in [9.17, 15) is 13.2 Å². The molecule has 0 aliphatic heterocycles. The van der Waals surface area contributed by atoms with Gasteiger partial charge in [-0.15, -0.1) is 0 Å². The summed E-state index contributed by atoms with van der Waals surface area (Å²) >= 11 is 0. The van der Waals surface area contributed by atoms with E-state index in [1.165, 1.54) is 16.9 Å². The molecule has 0 saturated carbocycles. The second kappa shape index (κ2) is 8.94. The van der Waals surface area contributed by atoms with E-state index in [2.05, 4.69) is 11.4 Å². The first-order valence-corrected chi connectivity index (χ1v) is 11.6. The number of sulfonamides is 1. The van der Waals surface area contributed by atoms with Gasteiger partial charge in [0.15, 0.2) is 0 Å². The third-order valence-corrected chi connectivity index (χ3v) is 7.21. The van der Waals surface area contributed by atoms with Crippen LogP contribution < -0.4 is 9.62 Å². The molecule has 31 heavy (non-hydrogen) atoms. The molecule has 1 atom stereocenters. The highest BCUT2D eigenvalue weighted by molar-refractivity contribution is 7.92. The lowest BCUT2D eigenvalue weighted by atomic mass is 10.00. The van der Waals surface area contributed by atoms with Crippen LogP contribution >= 0.6 is 0 Å². The topological polar surface area (TPSA) is 66.5 Å².